The van der Waals surface area contributed by atoms with Crippen LogP contribution in [0.25, 0.3) is 22.2 Å². The van der Waals surface area contributed by atoms with Gasteiger partial charge in [0.25, 0.3) is 0 Å². The third-order valence-electron chi connectivity index (χ3n) is 9.28. The van der Waals surface area contributed by atoms with Gasteiger partial charge < -0.3 is 4.57 Å². The van der Waals surface area contributed by atoms with Crippen molar-refractivity contribution in [2.24, 2.45) is 11.3 Å². The molecule has 0 spiro atoms. The number of ketones is 1. The van der Waals surface area contributed by atoms with E-state index in [-0.39, 0.29) is 5.78 Å². The number of hydrogen-bond acceptors (Lipinski definition) is 1. The lowest BCUT2D eigenvalue weighted by Crippen LogP contribution is -2.13. The Morgan fingerprint density at radius 2 is 1.53 bits per heavy atom. The van der Waals surface area contributed by atoms with Crippen molar-refractivity contribution in [2.75, 3.05) is 0 Å². The van der Waals surface area contributed by atoms with Gasteiger partial charge in [-0.3, -0.25) is 4.79 Å². The Kier molecular flexibility index (Phi) is 11.3. The van der Waals surface area contributed by atoms with Gasteiger partial charge in [0.1, 0.15) is 11.6 Å². The number of halogens is 2. The third kappa shape index (κ3) is 8.65. The molecule has 0 saturated carbocycles. The average Bonchev–Trinajstić information content (AvgIpc) is 3.28. The van der Waals surface area contributed by atoms with Gasteiger partial charge in [0.05, 0.1) is 5.69 Å². The summed E-state index contributed by atoms with van der Waals surface area (Å²) < 4.78 is 31.7. The Hall–Kier alpha value is -3.27. The molecular formula is C39H49F2NO. The molecule has 3 aromatic carbocycles. The van der Waals surface area contributed by atoms with E-state index in [1.54, 1.807) is 6.92 Å². The van der Waals surface area contributed by atoms with Crippen LogP contribution in [-0.4, -0.2) is 10.4 Å². The fourth-order valence-corrected chi connectivity index (χ4v) is 6.29. The molecule has 2 nitrogen and oxygen atoms in total. The van der Waals surface area contributed by atoms with E-state index in [2.05, 4.69) is 50.5 Å². The highest BCUT2D eigenvalue weighted by atomic mass is 19.1. The summed E-state index contributed by atoms with van der Waals surface area (Å²) in [5, 5.41) is 1.11. The van der Waals surface area contributed by atoms with Gasteiger partial charge in [-0.2, -0.15) is 0 Å². The van der Waals surface area contributed by atoms with Gasteiger partial charge in [-0.1, -0.05) is 109 Å². The van der Waals surface area contributed by atoms with Gasteiger partial charge in [-0.05, 0) is 66.8 Å². The first-order valence-corrected chi connectivity index (χ1v) is 16.3. The minimum absolute atomic E-state index is 0.0336. The van der Waals surface area contributed by atoms with Crippen molar-refractivity contribution in [3.05, 3.63) is 95.1 Å². The largest absolute Gasteiger partial charge is 0.340 e. The average molecular weight is 586 g/mol. The van der Waals surface area contributed by atoms with E-state index in [0.29, 0.717) is 28.9 Å². The van der Waals surface area contributed by atoms with E-state index >= 15 is 0 Å². The van der Waals surface area contributed by atoms with E-state index in [4.69, 9.17) is 0 Å². The molecule has 0 fully saturated rings. The smallest absolute Gasteiger partial charge is 0.159 e. The summed E-state index contributed by atoms with van der Waals surface area (Å²) in [5.41, 5.74) is 5.76. The van der Waals surface area contributed by atoms with E-state index < -0.39 is 11.6 Å². The van der Waals surface area contributed by atoms with Crippen LogP contribution in [0.1, 0.15) is 114 Å². The predicted molar refractivity (Wildman–Crippen MR) is 177 cm³/mol. The minimum atomic E-state index is -0.568. The summed E-state index contributed by atoms with van der Waals surface area (Å²) >= 11 is 0. The van der Waals surface area contributed by atoms with Crippen LogP contribution < -0.4 is 0 Å². The van der Waals surface area contributed by atoms with Crippen molar-refractivity contribution in [3.63, 3.8) is 0 Å². The van der Waals surface area contributed by atoms with Gasteiger partial charge in [-0.15, -0.1) is 0 Å². The number of Topliss-reactive ketones (excluding diaryl/α,β-unsaturated/α-hetero) is 1. The minimum Gasteiger partial charge on any atom is -0.340 e. The molecule has 0 N–H and O–H groups in total. The Bertz CT molecular complexity index is 1480. The maximum atomic E-state index is 14.7. The number of aromatic nitrogens is 1. The molecule has 0 aliphatic rings. The first-order chi connectivity index (χ1) is 20.6. The first kappa shape index (κ1) is 32.6. The van der Waals surface area contributed by atoms with E-state index in [1.165, 1.54) is 50.7 Å². The molecule has 0 amide bonds. The van der Waals surface area contributed by atoms with Gasteiger partial charge >= 0.3 is 0 Å². The molecule has 0 bridgehead atoms. The Morgan fingerprint density at radius 1 is 0.860 bits per heavy atom. The lowest BCUT2D eigenvalue weighted by atomic mass is 9.84. The first-order valence-electron chi connectivity index (χ1n) is 16.3. The molecule has 4 rings (SSSR count). The molecule has 230 valence electrons. The number of para-hydroxylation sites is 1. The topological polar surface area (TPSA) is 22.0 Å². The van der Waals surface area contributed by atoms with Crippen LogP contribution in [0.2, 0.25) is 0 Å². The molecule has 0 aliphatic carbocycles. The van der Waals surface area contributed by atoms with E-state index in [1.807, 2.05) is 30.3 Å². The number of fused-ring (bicyclic) bond motifs is 1. The van der Waals surface area contributed by atoms with Crippen LogP contribution in [0.4, 0.5) is 8.78 Å². The zero-order valence-electron chi connectivity index (χ0n) is 26.8. The Labute approximate surface area is 257 Å². The lowest BCUT2D eigenvalue weighted by Gasteiger charge is -2.23. The SMILES string of the molecule is CCCCC(CCCCCC(C)(C)CC)Cn1c(-c2cc(F)cc(F)c2)c(Cc2ccc(C(C)=O)cc2)c2ccccc21. The van der Waals surface area contributed by atoms with Crippen LogP contribution in [0, 0.1) is 23.0 Å². The molecule has 0 saturated heterocycles. The third-order valence-corrected chi connectivity index (χ3v) is 9.28. The van der Waals surface area contributed by atoms with Gasteiger partial charge in [-0.25, -0.2) is 8.78 Å². The predicted octanol–water partition coefficient (Wildman–Crippen LogP) is 11.6. The zero-order chi connectivity index (χ0) is 31.0. The summed E-state index contributed by atoms with van der Waals surface area (Å²) in [7, 11) is 0. The number of rotatable bonds is 16. The molecule has 0 radical (unpaired) electrons. The molecule has 0 aliphatic heterocycles. The number of carbonyl (C=O) groups is 1. The second-order valence-corrected chi connectivity index (χ2v) is 13.2. The molecule has 1 aromatic heterocycles. The normalized spacial score (nSPS) is 12.6. The summed E-state index contributed by atoms with van der Waals surface area (Å²) in [5.74, 6) is -0.622. The number of benzene rings is 3. The lowest BCUT2D eigenvalue weighted by molar-refractivity contribution is 0.101. The van der Waals surface area contributed by atoms with Crippen LogP contribution >= 0.6 is 0 Å². The second kappa shape index (κ2) is 14.9. The molecular weight excluding hydrogens is 536 g/mol. The Balaban J connectivity index is 1.73. The second-order valence-electron chi connectivity index (χ2n) is 13.2. The van der Waals surface area contributed by atoms with E-state index in [9.17, 15) is 13.6 Å². The maximum absolute atomic E-state index is 14.7. The molecule has 1 unspecified atom stereocenters. The molecule has 4 aromatic rings. The molecule has 1 heterocycles. The van der Waals surface area contributed by atoms with Crippen molar-refractivity contribution >= 4 is 16.7 Å². The zero-order valence-corrected chi connectivity index (χ0v) is 26.8. The monoisotopic (exact) mass is 585 g/mol. The molecule has 4 heteroatoms. The highest BCUT2D eigenvalue weighted by Crippen LogP contribution is 2.38. The summed E-state index contributed by atoms with van der Waals surface area (Å²) in [6.07, 6.45) is 11.4. The molecule has 43 heavy (non-hydrogen) atoms. The summed E-state index contributed by atoms with van der Waals surface area (Å²) in [6, 6.07) is 19.9. The van der Waals surface area contributed by atoms with Crippen LogP contribution in [0.3, 0.4) is 0 Å². The van der Waals surface area contributed by atoms with E-state index in [0.717, 1.165) is 59.6 Å². The highest BCUT2D eigenvalue weighted by molar-refractivity contribution is 5.94. The summed E-state index contributed by atoms with van der Waals surface area (Å²) in [4.78, 5) is 11.9. The van der Waals surface area contributed by atoms with Crippen molar-refractivity contribution in [3.8, 4) is 11.3 Å². The highest BCUT2D eigenvalue weighted by Gasteiger charge is 2.23. The van der Waals surface area contributed by atoms with Crippen molar-refractivity contribution < 1.29 is 13.6 Å². The van der Waals surface area contributed by atoms with Gasteiger partial charge in [0.2, 0.25) is 0 Å². The van der Waals surface area contributed by atoms with Crippen LogP contribution in [0.5, 0.6) is 0 Å². The van der Waals surface area contributed by atoms with Gasteiger partial charge in [0, 0.05) is 41.1 Å². The number of hydrogen-bond donors (Lipinski definition) is 0. The van der Waals surface area contributed by atoms with Crippen LogP contribution in [-0.2, 0) is 13.0 Å². The molecule has 1 atom stereocenters. The fraction of sp³-hybridized carbons (Fsp3) is 0.462. The standard InChI is InChI=1S/C39H49F2NO/c1-6-8-14-30(15-10-9-13-22-39(4,5)7-2)27-42-37-17-12-11-16-35(37)36(23-29-18-20-31(21-19-29)28(3)43)38(42)32-24-33(40)26-34(41)25-32/h11-12,16-21,24-26,30H,6-10,13-15,22-23,27H2,1-5H3. The van der Waals surface area contributed by atoms with Crippen molar-refractivity contribution in [1.29, 1.82) is 0 Å². The van der Waals surface area contributed by atoms with Crippen LogP contribution in [0.15, 0.2) is 66.7 Å². The van der Waals surface area contributed by atoms with Gasteiger partial charge in [0.15, 0.2) is 5.78 Å². The number of unbranched alkanes of at least 4 members (excludes halogenated alkanes) is 3. The fourth-order valence-electron chi connectivity index (χ4n) is 6.29. The number of carbonyl (C=O) groups excluding carboxylic acids is 1. The maximum Gasteiger partial charge on any atom is 0.159 e. The van der Waals surface area contributed by atoms with Crippen molar-refractivity contribution in [1.82, 2.24) is 4.57 Å². The quantitative estimate of drug-likeness (QED) is 0.0947. The Morgan fingerprint density at radius 3 is 2.19 bits per heavy atom. The number of nitrogens with zero attached hydrogens (tertiary/aromatic N) is 1. The van der Waals surface area contributed by atoms with Crippen molar-refractivity contribution in [2.45, 2.75) is 105 Å². The summed E-state index contributed by atoms with van der Waals surface area (Å²) in [6.45, 7) is 11.6.